The van der Waals surface area contributed by atoms with Gasteiger partial charge in [0.15, 0.2) is 11.6 Å². The second-order valence-corrected chi connectivity index (χ2v) is 10.7. The maximum atomic E-state index is 14.9. The summed E-state index contributed by atoms with van der Waals surface area (Å²) in [4.78, 5) is 0. The molecule has 44 heavy (non-hydrogen) atoms. The van der Waals surface area contributed by atoms with Gasteiger partial charge in [0.05, 0.1) is 18.2 Å². The Morgan fingerprint density at radius 2 is 1.09 bits per heavy atom. The van der Waals surface area contributed by atoms with Crippen molar-refractivity contribution in [2.24, 2.45) is 0 Å². The fourth-order valence-corrected chi connectivity index (χ4v) is 5.16. The maximum absolute atomic E-state index is 14.9. The van der Waals surface area contributed by atoms with Gasteiger partial charge in [0.25, 0.3) is 0 Å². The molecule has 5 aromatic rings. The molecule has 0 aromatic heterocycles. The van der Waals surface area contributed by atoms with Gasteiger partial charge in [-0.25, -0.2) is 17.6 Å². The van der Waals surface area contributed by atoms with Crippen molar-refractivity contribution >= 4 is 0 Å². The predicted octanol–water partition coefficient (Wildman–Crippen LogP) is 10.7. The summed E-state index contributed by atoms with van der Waals surface area (Å²) in [6.45, 7) is 0.601. The van der Waals surface area contributed by atoms with Gasteiger partial charge in [0, 0.05) is 11.1 Å². The number of benzene rings is 5. The summed E-state index contributed by atoms with van der Waals surface area (Å²) in [7, 11) is 0. The van der Waals surface area contributed by atoms with Crippen LogP contribution < -0.4 is 4.74 Å². The number of halogens is 4. The molecule has 0 radical (unpaired) electrons. The van der Waals surface area contributed by atoms with Crippen LogP contribution in [0.2, 0.25) is 0 Å². The third kappa shape index (κ3) is 7.73. The number of hydrogen-bond donors (Lipinski definition) is 0. The monoisotopic (exact) mass is 593 g/mol. The van der Waals surface area contributed by atoms with Crippen molar-refractivity contribution in [3.8, 4) is 45.2 Å². The molecule has 0 aliphatic heterocycles. The van der Waals surface area contributed by atoms with Crippen LogP contribution in [0.5, 0.6) is 5.75 Å². The van der Waals surface area contributed by atoms with Gasteiger partial charge in [-0.05, 0) is 95.6 Å². The minimum Gasteiger partial charge on any atom is -0.494 e. The van der Waals surface area contributed by atoms with Gasteiger partial charge in [0.1, 0.15) is 17.4 Å². The second kappa shape index (κ2) is 14.5. The van der Waals surface area contributed by atoms with Crippen LogP contribution in [0.4, 0.5) is 17.6 Å². The largest absolute Gasteiger partial charge is 0.494 e. The summed E-state index contributed by atoms with van der Waals surface area (Å²) in [5.74, 6) is -1.95. The second-order valence-electron chi connectivity index (χ2n) is 10.7. The van der Waals surface area contributed by atoms with Gasteiger partial charge < -0.3 is 4.74 Å². The van der Waals surface area contributed by atoms with Crippen LogP contribution in [0.1, 0.15) is 43.2 Å². The number of hydrogen-bond acceptors (Lipinski definition) is 2. The van der Waals surface area contributed by atoms with Gasteiger partial charge in [-0.3, -0.25) is 0 Å². The fraction of sp³-hybridized carbons (Fsp3) is 0.184. The van der Waals surface area contributed by atoms with E-state index in [0.717, 1.165) is 78.7 Å². The van der Waals surface area contributed by atoms with E-state index in [2.05, 4.69) is 6.07 Å². The Labute approximate surface area is 255 Å². The van der Waals surface area contributed by atoms with Crippen molar-refractivity contribution < 1.29 is 22.3 Å². The van der Waals surface area contributed by atoms with E-state index in [-0.39, 0.29) is 11.4 Å². The lowest BCUT2D eigenvalue weighted by Crippen LogP contribution is -1.97. The van der Waals surface area contributed by atoms with Crippen molar-refractivity contribution in [2.45, 2.75) is 38.5 Å². The lowest BCUT2D eigenvalue weighted by Gasteiger charge is -2.09. The Kier molecular flexibility index (Phi) is 10.1. The quantitative estimate of drug-likeness (QED) is 0.106. The first-order valence-corrected chi connectivity index (χ1v) is 14.7. The third-order valence-corrected chi connectivity index (χ3v) is 7.62. The molecule has 0 heterocycles. The van der Waals surface area contributed by atoms with E-state index in [1.807, 2.05) is 36.4 Å². The highest BCUT2D eigenvalue weighted by Gasteiger charge is 2.11. The third-order valence-electron chi connectivity index (χ3n) is 7.62. The molecular formula is C38H31F4NO. The van der Waals surface area contributed by atoms with Crippen LogP contribution in [-0.2, 0) is 6.42 Å². The van der Waals surface area contributed by atoms with Crippen molar-refractivity contribution in [3.63, 3.8) is 0 Å². The first kappa shape index (κ1) is 30.6. The average molecular weight is 594 g/mol. The number of aryl methyl sites for hydroxylation is 1. The van der Waals surface area contributed by atoms with E-state index >= 15 is 0 Å². The first-order valence-electron chi connectivity index (χ1n) is 14.7. The van der Waals surface area contributed by atoms with E-state index in [4.69, 9.17) is 10.00 Å². The van der Waals surface area contributed by atoms with Crippen molar-refractivity contribution in [3.05, 3.63) is 138 Å². The molecule has 0 spiro atoms. The number of nitrogens with zero attached hydrogens (tertiary/aromatic N) is 1. The average Bonchev–Trinajstić information content (AvgIpc) is 3.04. The Balaban J connectivity index is 1.01. The molecule has 0 atom stereocenters. The van der Waals surface area contributed by atoms with Crippen molar-refractivity contribution in [2.75, 3.05) is 6.61 Å². The Morgan fingerprint density at radius 3 is 1.80 bits per heavy atom. The van der Waals surface area contributed by atoms with Crippen LogP contribution >= 0.6 is 0 Å². The van der Waals surface area contributed by atoms with E-state index in [1.54, 1.807) is 36.4 Å². The number of unbranched alkanes of at least 4 members (excludes halogenated alkanes) is 4. The highest BCUT2D eigenvalue weighted by molar-refractivity contribution is 5.71. The summed E-state index contributed by atoms with van der Waals surface area (Å²) >= 11 is 0. The molecule has 5 aromatic carbocycles. The van der Waals surface area contributed by atoms with Gasteiger partial charge >= 0.3 is 0 Å². The molecule has 0 saturated heterocycles. The van der Waals surface area contributed by atoms with Crippen molar-refractivity contribution in [1.82, 2.24) is 0 Å². The molecule has 0 saturated carbocycles. The molecule has 6 heteroatoms. The lowest BCUT2D eigenvalue weighted by atomic mass is 9.99. The molecule has 0 aliphatic carbocycles. The lowest BCUT2D eigenvalue weighted by molar-refractivity contribution is 0.304. The molecule has 0 amide bonds. The molecule has 0 fully saturated rings. The molecule has 2 nitrogen and oxygen atoms in total. The standard InChI is InChI=1S/C38H31F4NO/c39-35-20-15-31(24-38(35)42)34-18-9-26(22-36(34)40)6-4-2-1-3-5-21-44-32-16-12-28(13-17-32)30-14-19-33(37(41)23-30)29-10-7-27(25-43)8-11-29/h7-20,22-24H,1-6,21H2. The van der Waals surface area contributed by atoms with Crippen LogP contribution in [0.3, 0.4) is 0 Å². The molecule has 0 aliphatic rings. The molecule has 0 N–H and O–H groups in total. The van der Waals surface area contributed by atoms with Crippen LogP contribution in [0, 0.1) is 34.6 Å². The molecule has 5 rings (SSSR count). The zero-order valence-corrected chi connectivity index (χ0v) is 24.1. The molecule has 222 valence electrons. The number of rotatable bonds is 12. The summed E-state index contributed by atoms with van der Waals surface area (Å²) in [6.07, 6.45) is 5.68. The van der Waals surface area contributed by atoms with Gasteiger partial charge in [0.2, 0.25) is 0 Å². The topological polar surface area (TPSA) is 33.0 Å². The van der Waals surface area contributed by atoms with Crippen LogP contribution in [0.15, 0.2) is 103 Å². The number of nitriles is 1. The van der Waals surface area contributed by atoms with E-state index in [1.165, 1.54) is 18.2 Å². The maximum Gasteiger partial charge on any atom is 0.159 e. The molecular weight excluding hydrogens is 562 g/mol. The van der Waals surface area contributed by atoms with Gasteiger partial charge in [-0.1, -0.05) is 73.9 Å². The normalized spacial score (nSPS) is 10.9. The van der Waals surface area contributed by atoms with Gasteiger partial charge in [-0.15, -0.1) is 0 Å². The summed E-state index contributed by atoms with van der Waals surface area (Å²) in [5, 5.41) is 8.96. The smallest absolute Gasteiger partial charge is 0.159 e. The van der Waals surface area contributed by atoms with Crippen molar-refractivity contribution in [1.29, 1.82) is 5.26 Å². The first-order chi connectivity index (χ1) is 21.4. The SMILES string of the molecule is N#Cc1ccc(-c2ccc(-c3ccc(OCCCCCCCc4ccc(-c5ccc(F)c(F)c5)c(F)c4)cc3)cc2F)cc1. The van der Waals surface area contributed by atoms with Crippen LogP contribution in [0.25, 0.3) is 33.4 Å². The summed E-state index contributed by atoms with van der Waals surface area (Å²) < 4.78 is 62.0. The minimum atomic E-state index is -0.994. The predicted molar refractivity (Wildman–Crippen MR) is 166 cm³/mol. The van der Waals surface area contributed by atoms with Gasteiger partial charge in [-0.2, -0.15) is 5.26 Å². The Bertz CT molecular complexity index is 1760. The highest BCUT2D eigenvalue weighted by atomic mass is 19.2. The van der Waals surface area contributed by atoms with E-state index in [9.17, 15) is 17.6 Å². The zero-order chi connectivity index (χ0) is 30.9. The fourth-order valence-electron chi connectivity index (χ4n) is 5.16. The summed E-state index contributed by atoms with van der Waals surface area (Å²) in [5.41, 5.74) is 4.86. The highest BCUT2D eigenvalue weighted by Crippen LogP contribution is 2.30. The van der Waals surface area contributed by atoms with Crippen LogP contribution in [-0.4, -0.2) is 6.61 Å². The zero-order valence-electron chi connectivity index (χ0n) is 24.1. The Morgan fingerprint density at radius 1 is 0.500 bits per heavy atom. The minimum absolute atomic E-state index is 0.256. The number of ether oxygens (including phenoxy) is 1. The molecule has 0 unspecified atom stereocenters. The Hall–Kier alpha value is -4.89. The van der Waals surface area contributed by atoms with E-state index < -0.39 is 17.5 Å². The van der Waals surface area contributed by atoms with E-state index in [0.29, 0.717) is 23.3 Å². The molecule has 0 bridgehead atoms. The summed E-state index contributed by atoms with van der Waals surface area (Å²) in [6, 6.07) is 30.0.